The molecule has 0 saturated carbocycles. The minimum Gasteiger partial charge on any atom is -0.484 e. The Labute approximate surface area is 133 Å². The standard InChI is InChI=1S/C14H9ClF2N2O4/c15-10-6-9(2-4-11(10)16)23-7-14(20)18-8-1-3-12(17)13(5-8)19(21)22/h1-6H,7H2,(H,18,20). The van der Waals surface area contributed by atoms with E-state index in [0.29, 0.717) is 0 Å². The van der Waals surface area contributed by atoms with Crippen LogP contribution in [0.1, 0.15) is 0 Å². The lowest BCUT2D eigenvalue weighted by Crippen LogP contribution is -2.20. The number of nitro benzene ring substituents is 1. The van der Waals surface area contributed by atoms with Crippen LogP contribution < -0.4 is 10.1 Å². The molecule has 0 spiro atoms. The molecule has 0 aliphatic carbocycles. The molecule has 6 nitrogen and oxygen atoms in total. The lowest BCUT2D eigenvalue weighted by molar-refractivity contribution is -0.387. The summed E-state index contributed by atoms with van der Waals surface area (Å²) in [6.45, 7) is -0.437. The highest BCUT2D eigenvalue weighted by Crippen LogP contribution is 2.22. The van der Waals surface area contributed by atoms with Crippen LogP contribution in [0.3, 0.4) is 0 Å². The van der Waals surface area contributed by atoms with E-state index in [9.17, 15) is 23.7 Å². The summed E-state index contributed by atoms with van der Waals surface area (Å²) in [5.74, 6) is -2.09. The summed E-state index contributed by atoms with van der Waals surface area (Å²) in [6, 6.07) is 6.51. The summed E-state index contributed by atoms with van der Waals surface area (Å²) in [5.41, 5.74) is -0.710. The minimum absolute atomic E-state index is 0.0452. The molecule has 2 aromatic rings. The van der Waals surface area contributed by atoms with Crippen molar-refractivity contribution < 1.29 is 23.2 Å². The monoisotopic (exact) mass is 342 g/mol. The van der Waals surface area contributed by atoms with Crippen LogP contribution in [0.5, 0.6) is 5.75 Å². The first-order valence-corrected chi connectivity index (χ1v) is 6.56. The zero-order valence-electron chi connectivity index (χ0n) is 11.4. The third-order valence-corrected chi connectivity index (χ3v) is 2.98. The first-order valence-electron chi connectivity index (χ1n) is 6.18. The number of halogens is 3. The van der Waals surface area contributed by atoms with Gasteiger partial charge < -0.3 is 10.1 Å². The highest BCUT2D eigenvalue weighted by atomic mass is 35.5. The fourth-order valence-electron chi connectivity index (χ4n) is 1.64. The molecule has 0 radical (unpaired) electrons. The number of ether oxygens (including phenoxy) is 1. The summed E-state index contributed by atoms with van der Waals surface area (Å²) >= 11 is 5.57. The number of benzene rings is 2. The van der Waals surface area contributed by atoms with Gasteiger partial charge in [0.2, 0.25) is 5.82 Å². The van der Waals surface area contributed by atoms with Gasteiger partial charge in [-0.1, -0.05) is 11.6 Å². The molecule has 2 aromatic carbocycles. The van der Waals surface area contributed by atoms with Gasteiger partial charge >= 0.3 is 5.69 Å². The molecule has 1 N–H and O–H groups in total. The fourth-order valence-corrected chi connectivity index (χ4v) is 1.81. The Balaban J connectivity index is 1.98. The highest BCUT2D eigenvalue weighted by Gasteiger charge is 2.15. The number of carbonyl (C=O) groups excluding carboxylic acids is 1. The predicted molar refractivity (Wildman–Crippen MR) is 78.6 cm³/mol. The Bertz CT molecular complexity index is 770. The molecule has 0 heterocycles. The summed E-state index contributed by atoms with van der Waals surface area (Å²) in [5, 5.41) is 12.8. The van der Waals surface area contributed by atoms with Crippen LogP contribution in [0.2, 0.25) is 5.02 Å². The summed E-state index contributed by atoms with van der Waals surface area (Å²) in [6.07, 6.45) is 0. The molecule has 0 unspecified atom stereocenters. The smallest absolute Gasteiger partial charge is 0.306 e. The van der Waals surface area contributed by atoms with Gasteiger partial charge in [0.1, 0.15) is 11.6 Å². The molecule has 0 aromatic heterocycles. The van der Waals surface area contributed by atoms with E-state index < -0.39 is 34.8 Å². The van der Waals surface area contributed by atoms with Gasteiger partial charge in [-0.2, -0.15) is 4.39 Å². The second-order valence-electron chi connectivity index (χ2n) is 4.34. The van der Waals surface area contributed by atoms with Gasteiger partial charge in [0.25, 0.3) is 5.91 Å². The number of anilines is 1. The Kier molecular flexibility index (Phi) is 5.07. The van der Waals surface area contributed by atoms with Crippen LogP contribution in [0.25, 0.3) is 0 Å². The van der Waals surface area contributed by atoms with Crippen molar-refractivity contribution in [3.05, 3.63) is 63.2 Å². The van der Waals surface area contributed by atoms with Crippen molar-refractivity contribution >= 4 is 28.9 Å². The van der Waals surface area contributed by atoms with Crippen molar-refractivity contribution in [3.8, 4) is 5.75 Å². The van der Waals surface area contributed by atoms with Crippen molar-refractivity contribution in [2.75, 3.05) is 11.9 Å². The van der Waals surface area contributed by atoms with E-state index >= 15 is 0 Å². The zero-order chi connectivity index (χ0) is 17.0. The Morgan fingerprint density at radius 1 is 1.22 bits per heavy atom. The van der Waals surface area contributed by atoms with E-state index in [4.69, 9.17) is 16.3 Å². The maximum Gasteiger partial charge on any atom is 0.306 e. The predicted octanol–water partition coefficient (Wildman–Crippen LogP) is 3.54. The molecule has 0 bridgehead atoms. The quantitative estimate of drug-likeness (QED) is 0.665. The van der Waals surface area contributed by atoms with Crippen molar-refractivity contribution in [1.29, 1.82) is 0 Å². The van der Waals surface area contributed by atoms with Crippen molar-refractivity contribution in [2.24, 2.45) is 0 Å². The normalized spacial score (nSPS) is 10.2. The van der Waals surface area contributed by atoms with E-state index in [-0.39, 0.29) is 16.5 Å². The molecule has 0 atom stereocenters. The van der Waals surface area contributed by atoms with Gasteiger partial charge in [0.05, 0.1) is 9.95 Å². The van der Waals surface area contributed by atoms with E-state index in [1.807, 2.05) is 0 Å². The van der Waals surface area contributed by atoms with Crippen molar-refractivity contribution in [3.63, 3.8) is 0 Å². The van der Waals surface area contributed by atoms with Gasteiger partial charge in [-0.25, -0.2) is 4.39 Å². The van der Waals surface area contributed by atoms with Crippen LogP contribution >= 0.6 is 11.6 Å². The van der Waals surface area contributed by atoms with E-state index in [2.05, 4.69) is 5.32 Å². The number of hydrogen-bond donors (Lipinski definition) is 1. The summed E-state index contributed by atoms with van der Waals surface area (Å²) in [4.78, 5) is 21.4. The van der Waals surface area contributed by atoms with Crippen LogP contribution in [-0.4, -0.2) is 17.4 Å². The van der Waals surface area contributed by atoms with E-state index in [0.717, 1.165) is 18.2 Å². The Morgan fingerprint density at radius 3 is 2.57 bits per heavy atom. The molecule has 120 valence electrons. The van der Waals surface area contributed by atoms with Gasteiger partial charge in [-0.05, 0) is 24.3 Å². The fraction of sp³-hybridized carbons (Fsp3) is 0.0714. The highest BCUT2D eigenvalue weighted by molar-refractivity contribution is 6.30. The van der Waals surface area contributed by atoms with Crippen LogP contribution in [0, 0.1) is 21.7 Å². The molecular formula is C14H9ClF2N2O4. The van der Waals surface area contributed by atoms with Gasteiger partial charge in [0.15, 0.2) is 6.61 Å². The number of rotatable bonds is 5. The van der Waals surface area contributed by atoms with Crippen molar-refractivity contribution in [2.45, 2.75) is 0 Å². The Morgan fingerprint density at radius 2 is 1.91 bits per heavy atom. The second kappa shape index (κ2) is 7.01. The number of amides is 1. The number of nitrogens with zero attached hydrogens (tertiary/aromatic N) is 1. The third kappa shape index (κ3) is 4.36. The first-order chi connectivity index (χ1) is 10.9. The molecule has 9 heteroatoms. The number of carbonyl (C=O) groups is 1. The maximum absolute atomic E-state index is 13.2. The average molecular weight is 343 g/mol. The molecular weight excluding hydrogens is 334 g/mol. The SMILES string of the molecule is O=C(COc1ccc(F)c(Cl)c1)Nc1ccc(F)c([N+](=O)[O-])c1. The van der Waals surface area contributed by atoms with Crippen LogP contribution in [-0.2, 0) is 4.79 Å². The molecule has 1 amide bonds. The maximum atomic E-state index is 13.2. The number of hydrogen-bond acceptors (Lipinski definition) is 4. The lowest BCUT2D eigenvalue weighted by Gasteiger charge is -2.08. The van der Waals surface area contributed by atoms with Crippen LogP contribution in [0.4, 0.5) is 20.2 Å². The molecule has 0 saturated heterocycles. The molecule has 23 heavy (non-hydrogen) atoms. The van der Waals surface area contributed by atoms with E-state index in [1.54, 1.807) is 0 Å². The van der Waals surface area contributed by atoms with E-state index in [1.165, 1.54) is 18.2 Å². The molecule has 0 aliphatic heterocycles. The topological polar surface area (TPSA) is 81.5 Å². The minimum atomic E-state index is -1.01. The first kappa shape index (κ1) is 16.6. The largest absolute Gasteiger partial charge is 0.484 e. The Hall–Kier alpha value is -2.74. The van der Waals surface area contributed by atoms with Gasteiger partial charge in [-0.3, -0.25) is 14.9 Å². The van der Waals surface area contributed by atoms with Gasteiger partial charge in [0, 0.05) is 17.8 Å². The third-order valence-electron chi connectivity index (χ3n) is 2.69. The van der Waals surface area contributed by atoms with Crippen molar-refractivity contribution in [1.82, 2.24) is 0 Å². The average Bonchev–Trinajstić information content (AvgIpc) is 2.50. The number of nitrogens with one attached hydrogen (secondary N) is 1. The molecule has 2 rings (SSSR count). The summed E-state index contributed by atoms with van der Waals surface area (Å²) < 4.78 is 31.2. The van der Waals surface area contributed by atoms with Gasteiger partial charge in [-0.15, -0.1) is 0 Å². The van der Waals surface area contributed by atoms with Crippen LogP contribution in [0.15, 0.2) is 36.4 Å². The number of nitro groups is 1. The summed E-state index contributed by atoms with van der Waals surface area (Å²) in [7, 11) is 0. The molecule has 0 fully saturated rings. The molecule has 0 aliphatic rings. The lowest BCUT2D eigenvalue weighted by atomic mass is 10.2. The second-order valence-corrected chi connectivity index (χ2v) is 4.74. The zero-order valence-corrected chi connectivity index (χ0v) is 12.1.